The van der Waals surface area contributed by atoms with E-state index in [1.165, 1.54) is 0 Å². The summed E-state index contributed by atoms with van der Waals surface area (Å²) in [6.07, 6.45) is 7.25. The molecule has 11 aromatic rings. The molecule has 222 valence electrons. The molecule has 0 aliphatic carbocycles. The molecule has 8 heteroatoms. The van der Waals surface area contributed by atoms with Crippen LogP contribution in [0.15, 0.2) is 122 Å². The number of hydrogen-bond acceptors (Lipinski definition) is 6. The van der Waals surface area contributed by atoms with Crippen molar-refractivity contribution in [3.8, 4) is 22.8 Å². The molecule has 0 amide bonds. The Labute approximate surface area is 271 Å². The van der Waals surface area contributed by atoms with Crippen LogP contribution in [-0.2, 0) is 0 Å². The SMILES string of the molecule is c1ccc2c(-c3nc4c5cccnc5c5ncccc5c4[nH]3)c3ccccc3c(-c3nc4c5cccnc5c5ncccc5c4[nH]3)c2c1. The van der Waals surface area contributed by atoms with Gasteiger partial charge in [-0.05, 0) is 70.1 Å². The van der Waals surface area contributed by atoms with Crippen LogP contribution in [-0.4, -0.2) is 39.9 Å². The van der Waals surface area contributed by atoms with Crippen molar-refractivity contribution in [2.24, 2.45) is 0 Å². The maximum absolute atomic E-state index is 5.31. The molecule has 6 heterocycles. The molecule has 5 aromatic carbocycles. The van der Waals surface area contributed by atoms with Gasteiger partial charge in [0, 0.05) is 57.5 Å². The van der Waals surface area contributed by atoms with Crippen molar-refractivity contribution in [2.75, 3.05) is 0 Å². The molecule has 0 bridgehead atoms. The molecular formula is C40H22N8. The fraction of sp³-hybridized carbons (Fsp3) is 0. The van der Waals surface area contributed by atoms with Gasteiger partial charge < -0.3 is 9.97 Å². The number of aromatic nitrogens is 8. The quantitative estimate of drug-likeness (QED) is 0.148. The fourth-order valence-electron chi connectivity index (χ4n) is 7.56. The van der Waals surface area contributed by atoms with Gasteiger partial charge in [0.2, 0.25) is 0 Å². The summed E-state index contributed by atoms with van der Waals surface area (Å²) >= 11 is 0. The molecule has 48 heavy (non-hydrogen) atoms. The van der Waals surface area contributed by atoms with Gasteiger partial charge in [-0.3, -0.25) is 19.9 Å². The Morgan fingerprint density at radius 1 is 0.312 bits per heavy atom. The summed E-state index contributed by atoms with van der Waals surface area (Å²) in [4.78, 5) is 36.9. The van der Waals surface area contributed by atoms with Crippen molar-refractivity contribution >= 4 is 87.2 Å². The van der Waals surface area contributed by atoms with E-state index in [4.69, 9.17) is 29.9 Å². The van der Waals surface area contributed by atoms with Gasteiger partial charge in [0.05, 0.1) is 44.1 Å². The van der Waals surface area contributed by atoms with E-state index in [0.717, 1.165) is 110 Å². The first-order chi connectivity index (χ1) is 23.8. The topological polar surface area (TPSA) is 109 Å². The lowest BCUT2D eigenvalue weighted by molar-refractivity contribution is 1.35. The van der Waals surface area contributed by atoms with Crippen LogP contribution < -0.4 is 0 Å². The number of fused-ring (bicyclic) bond motifs is 14. The van der Waals surface area contributed by atoms with Crippen LogP contribution in [0.25, 0.3) is 110 Å². The first-order valence-corrected chi connectivity index (χ1v) is 15.8. The second kappa shape index (κ2) is 9.37. The highest BCUT2D eigenvalue weighted by Crippen LogP contribution is 2.44. The van der Waals surface area contributed by atoms with Crippen LogP contribution in [0.3, 0.4) is 0 Å². The first-order valence-electron chi connectivity index (χ1n) is 15.8. The highest BCUT2D eigenvalue weighted by Gasteiger charge is 2.23. The molecule has 0 aliphatic heterocycles. The molecule has 0 saturated heterocycles. The minimum Gasteiger partial charge on any atom is -0.337 e. The standard InChI is InChI=1S/C40H22N8/c1-2-10-22-21(9-1)29(39-45-35-25-13-5-17-41-31(25)32-26(36(35)46-39)14-6-18-42-32)23-11-3-4-12-24(23)30(22)40-47-37-27-15-7-19-43-33(27)34-28(38(37)48-40)16-8-20-44-34/h1-20H,(H,45,46)(H,47,48). The zero-order chi connectivity index (χ0) is 31.3. The smallest absolute Gasteiger partial charge is 0.139 e. The van der Waals surface area contributed by atoms with Gasteiger partial charge in [-0.25, -0.2) is 9.97 Å². The van der Waals surface area contributed by atoms with Crippen LogP contribution in [0.4, 0.5) is 0 Å². The van der Waals surface area contributed by atoms with E-state index < -0.39 is 0 Å². The van der Waals surface area contributed by atoms with E-state index in [1.54, 1.807) is 0 Å². The third-order valence-electron chi connectivity index (χ3n) is 9.54. The monoisotopic (exact) mass is 614 g/mol. The molecule has 0 spiro atoms. The van der Waals surface area contributed by atoms with Gasteiger partial charge in [-0.1, -0.05) is 48.5 Å². The summed E-state index contributed by atoms with van der Waals surface area (Å²) in [6, 6.07) is 33.2. The van der Waals surface area contributed by atoms with Crippen LogP contribution >= 0.6 is 0 Å². The number of hydrogen-bond donors (Lipinski definition) is 2. The Kier molecular flexibility index (Phi) is 4.96. The van der Waals surface area contributed by atoms with Gasteiger partial charge in [0.15, 0.2) is 0 Å². The predicted octanol–water partition coefficient (Wildman–Crippen LogP) is 9.27. The second-order valence-electron chi connectivity index (χ2n) is 12.1. The van der Waals surface area contributed by atoms with Gasteiger partial charge in [-0.15, -0.1) is 0 Å². The van der Waals surface area contributed by atoms with Crippen LogP contribution in [0.5, 0.6) is 0 Å². The van der Waals surface area contributed by atoms with Gasteiger partial charge in [0.1, 0.15) is 11.6 Å². The number of nitrogens with zero attached hydrogens (tertiary/aromatic N) is 6. The second-order valence-corrected chi connectivity index (χ2v) is 12.1. The minimum atomic E-state index is 0.796. The number of benzene rings is 5. The molecule has 6 aromatic heterocycles. The molecular weight excluding hydrogens is 592 g/mol. The summed E-state index contributed by atoms with van der Waals surface area (Å²) < 4.78 is 0. The van der Waals surface area contributed by atoms with E-state index in [9.17, 15) is 0 Å². The largest absolute Gasteiger partial charge is 0.337 e. The van der Waals surface area contributed by atoms with E-state index in [-0.39, 0.29) is 0 Å². The third-order valence-corrected chi connectivity index (χ3v) is 9.54. The van der Waals surface area contributed by atoms with Crippen molar-refractivity contribution in [2.45, 2.75) is 0 Å². The van der Waals surface area contributed by atoms with Crippen LogP contribution in [0.1, 0.15) is 0 Å². The lowest BCUT2D eigenvalue weighted by Crippen LogP contribution is -1.92. The number of aromatic amines is 2. The van der Waals surface area contributed by atoms with E-state index in [1.807, 2.05) is 49.1 Å². The zero-order valence-electron chi connectivity index (χ0n) is 25.2. The summed E-state index contributed by atoms with van der Waals surface area (Å²) in [5.41, 5.74) is 9.14. The third kappa shape index (κ3) is 3.32. The summed E-state index contributed by atoms with van der Waals surface area (Å²) in [5, 5.41) is 8.24. The van der Waals surface area contributed by atoms with Crippen LogP contribution in [0.2, 0.25) is 0 Å². The summed E-state index contributed by atoms with van der Waals surface area (Å²) in [6.45, 7) is 0. The number of H-pyrrole nitrogens is 2. The van der Waals surface area contributed by atoms with Gasteiger partial charge in [0.25, 0.3) is 0 Å². The van der Waals surface area contributed by atoms with E-state index in [0.29, 0.717) is 0 Å². The molecule has 0 aliphatic rings. The normalized spacial score (nSPS) is 12.2. The highest BCUT2D eigenvalue weighted by atomic mass is 14.9. The Bertz CT molecular complexity index is 2720. The molecule has 0 atom stereocenters. The molecule has 0 radical (unpaired) electrons. The molecule has 2 N–H and O–H groups in total. The number of pyridine rings is 4. The van der Waals surface area contributed by atoms with Crippen molar-refractivity contribution in [3.63, 3.8) is 0 Å². The average Bonchev–Trinajstić information content (AvgIpc) is 3.80. The summed E-state index contributed by atoms with van der Waals surface area (Å²) in [7, 11) is 0. The average molecular weight is 615 g/mol. The maximum atomic E-state index is 5.31. The number of rotatable bonds is 2. The van der Waals surface area contributed by atoms with Crippen LogP contribution in [0, 0.1) is 0 Å². The van der Waals surface area contributed by atoms with E-state index in [2.05, 4.69) is 82.8 Å². The van der Waals surface area contributed by atoms with E-state index >= 15 is 0 Å². The van der Waals surface area contributed by atoms with Crippen molar-refractivity contribution in [3.05, 3.63) is 122 Å². The molecule has 0 saturated carbocycles. The number of imidazole rings is 2. The van der Waals surface area contributed by atoms with Gasteiger partial charge in [-0.2, -0.15) is 0 Å². The summed E-state index contributed by atoms with van der Waals surface area (Å²) in [5.74, 6) is 1.59. The highest BCUT2D eigenvalue weighted by molar-refractivity contribution is 6.25. The first kappa shape index (κ1) is 25.4. The molecule has 0 unspecified atom stereocenters. The Balaban J connectivity index is 1.26. The van der Waals surface area contributed by atoms with Crippen molar-refractivity contribution < 1.29 is 0 Å². The van der Waals surface area contributed by atoms with Gasteiger partial charge >= 0.3 is 0 Å². The number of nitrogens with one attached hydrogen (secondary N) is 2. The zero-order valence-corrected chi connectivity index (χ0v) is 25.2. The predicted molar refractivity (Wildman–Crippen MR) is 193 cm³/mol. The Morgan fingerprint density at radius 3 is 1.00 bits per heavy atom. The molecule has 8 nitrogen and oxygen atoms in total. The molecule has 0 fully saturated rings. The fourth-order valence-corrected chi connectivity index (χ4v) is 7.56. The van der Waals surface area contributed by atoms with Crippen molar-refractivity contribution in [1.29, 1.82) is 0 Å². The lowest BCUT2D eigenvalue weighted by atomic mass is 9.91. The molecule has 11 rings (SSSR count). The minimum absolute atomic E-state index is 0.796. The van der Waals surface area contributed by atoms with Crippen molar-refractivity contribution in [1.82, 2.24) is 39.9 Å². The Hall–Kier alpha value is -6.80. The maximum Gasteiger partial charge on any atom is 0.139 e. The lowest BCUT2D eigenvalue weighted by Gasteiger charge is -2.14. The Morgan fingerprint density at radius 2 is 0.625 bits per heavy atom.